The second-order valence-electron chi connectivity index (χ2n) is 4.86. The lowest BCUT2D eigenvalue weighted by Gasteiger charge is -2.31. The zero-order valence-electron chi connectivity index (χ0n) is 11.0. The fourth-order valence-electron chi connectivity index (χ4n) is 2.36. The molecule has 1 amide bonds. The first kappa shape index (κ1) is 13.9. The number of hydrogen-bond acceptors (Lipinski definition) is 2. The van der Waals surface area contributed by atoms with Gasteiger partial charge in [0.2, 0.25) is 5.91 Å². The van der Waals surface area contributed by atoms with Crippen LogP contribution in [0, 0.1) is 11.6 Å². The first-order valence-corrected chi connectivity index (χ1v) is 6.49. The zero-order valence-corrected chi connectivity index (χ0v) is 11.0. The fraction of sp³-hybridized carbons (Fsp3) is 0.500. The summed E-state index contributed by atoms with van der Waals surface area (Å²) in [5, 5.41) is 3.19. The Morgan fingerprint density at radius 1 is 1.37 bits per heavy atom. The van der Waals surface area contributed by atoms with Crippen LogP contribution in [-0.4, -0.2) is 37.0 Å². The largest absolute Gasteiger partial charge is 0.342 e. The lowest BCUT2D eigenvalue weighted by Crippen LogP contribution is -2.44. The number of halogens is 2. The summed E-state index contributed by atoms with van der Waals surface area (Å²) in [5.41, 5.74) is 0.252. The molecule has 0 aromatic heterocycles. The fourth-order valence-corrected chi connectivity index (χ4v) is 2.36. The maximum absolute atomic E-state index is 13.5. The van der Waals surface area contributed by atoms with E-state index in [-0.39, 0.29) is 17.9 Å². The van der Waals surface area contributed by atoms with Gasteiger partial charge in [0.05, 0.1) is 6.42 Å². The standard InChI is InChI=1S/C14H18F2N2O/c1-17-12-4-6-18(7-5-12)14(19)8-10-2-3-11(15)9-13(10)16/h2-3,9,12,17H,4-8H2,1H3. The highest BCUT2D eigenvalue weighted by Gasteiger charge is 2.22. The molecule has 0 radical (unpaired) electrons. The van der Waals surface area contributed by atoms with E-state index in [1.165, 1.54) is 12.1 Å². The van der Waals surface area contributed by atoms with Crippen LogP contribution in [0.25, 0.3) is 0 Å². The van der Waals surface area contributed by atoms with Crippen molar-refractivity contribution >= 4 is 5.91 Å². The third kappa shape index (κ3) is 3.50. The molecule has 0 bridgehead atoms. The summed E-state index contributed by atoms with van der Waals surface area (Å²) in [6.45, 7) is 1.38. The highest BCUT2D eigenvalue weighted by atomic mass is 19.1. The van der Waals surface area contributed by atoms with Crippen LogP contribution in [0.2, 0.25) is 0 Å². The Labute approximate surface area is 111 Å². The van der Waals surface area contributed by atoms with Crippen molar-refractivity contribution in [3.05, 3.63) is 35.4 Å². The molecule has 2 rings (SSSR count). The molecule has 5 heteroatoms. The van der Waals surface area contributed by atoms with E-state index in [4.69, 9.17) is 0 Å². The van der Waals surface area contributed by atoms with Gasteiger partial charge in [0, 0.05) is 25.2 Å². The van der Waals surface area contributed by atoms with Gasteiger partial charge in [-0.1, -0.05) is 6.07 Å². The van der Waals surface area contributed by atoms with Crippen molar-refractivity contribution in [1.29, 1.82) is 0 Å². The first-order valence-electron chi connectivity index (χ1n) is 6.49. The number of amides is 1. The molecule has 1 aromatic rings. The number of carbonyl (C=O) groups is 1. The number of carbonyl (C=O) groups excluding carboxylic acids is 1. The highest BCUT2D eigenvalue weighted by Crippen LogP contribution is 2.14. The van der Waals surface area contributed by atoms with Gasteiger partial charge in [-0.3, -0.25) is 4.79 Å². The second-order valence-corrected chi connectivity index (χ2v) is 4.86. The second kappa shape index (κ2) is 6.10. The summed E-state index contributed by atoms with van der Waals surface area (Å²) in [7, 11) is 1.91. The topological polar surface area (TPSA) is 32.3 Å². The van der Waals surface area contributed by atoms with Gasteiger partial charge >= 0.3 is 0 Å². The molecular weight excluding hydrogens is 250 g/mol. The Hall–Kier alpha value is -1.49. The summed E-state index contributed by atoms with van der Waals surface area (Å²) < 4.78 is 26.3. The normalized spacial score (nSPS) is 16.7. The molecule has 0 spiro atoms. The number of nitrogens with one attached hydrogen (secondary N) is 1. The lowest BCUT2D eigenvalue weighted by atomic mass is 10.0. The van der Waals surface area contributed by atoms with E-state index in [0.29, 0.717) is 19.1 Å². The van der Waals surface area contributed by atoms with Crippen LogP contribution in [0.5, 0.6) is 0 Å². The maximum Gasteiger partial charge on any atom is 0.227 e. The Kier molecular flexibility index (Phi) is 4.47. The van der Waals surface area contributed by atoms with Crippen LogP contribution in [-0.2, 0) is 11.2 Å². The van der Waals surface area contributed by atoms with Gasteiger partial charge in [-0.05, 0) is 31.5 Å². The van der Waals surface area contributed by atoms with Crippen molar-refractivity contribution in [3.8, 4) is 0 Å². The van der Waals surface area contributed by atoms with Gasteiger partial charge < -0.3 is 10.2 Å². The van der Waals surface area contributed by atoms with Gasteiger partial charge in [0.25, 0.3) is 0 Å². The Morgan fingerprint density at radius 3 is 2.63 bits per heavy atom. The van der Waals surface area contributed by atoms with E-state index >= 15 is 0 Å². The van der Waals surface area contributed by atoms with Crippen LogP contribution >= 0.6 is 0 Å². The monoisotopic (exact) mass is 268 g/mol. The zero-order chi connectivity index (χ0) is 13.8. The van der Waals surface area contributed by atoms with Crippen molar-refractivity contribution < 1.29 is 13.6 Å². The Morgan fingerprint density at radius 2 is 2.05 bits per heavy atom. The molecule has 1 aliphatic rings. The molecule has 1 aliphatic heterocycles. The smallest absolute Gasteiger partial charge is 0.227 e. The highest BCUT2D eigenvalue weighted by molar-refractivity contribution is 5.78. The van der Waals surface area contributed by atoms with Gasteiger partial charge in [0.1, 0.15) is 11.6 Å². The quantitative estimate of drug-likeness (QED) is 0.905. The van der Waals surface area contributed by atoms with Crippen molar-refractivity contribution in [3.63, 3.8) is 0 Å². The van der Waals surface area contributed by atoms with Gasteiger partial charge in [0.15, 0.2) is 0 Å². The van der Waals surface area contributed by atoms with Crippen molar-refractivity contribution in [2.75, 3.05) is 20.1 Å². The molecule has 1 aromatic carbocycles. The molecule has 104 valence electrons. The first-order chi connectivity index (χ1) is 9.10. The number of nitrogens with zero attached hydrogens (tertiary/aromatic N) is 1. The van der Waals surface area contributed by atoms with Crippen molar-refractivity contribution in [1.82, 2.24) is 10.2 Å². The third-order valence-corrected chi connectivity index (χ3v) is 3.61. The molecule has 3 nitrogen and oxygen atoms in total. The third-order valence-electron chi connectivity index (χ3n) is 3.61. The van der Waals surface area contributed by atoms with E-state index in [2.05, 4.69) is 5.32 Å². The van der Waals surface area contributed by atoms with Gasteiger partial charge in [-0.15, -0.1) is 0 Å². The average molecular weight is 268 g/mol. The van der Waals surface area contributed by atoms with Crippen molar-refractivity contribution in [2.45, 2.75) is 25.3 Å². The number of hydrogen-bond donors (Lipinski definition) is 1. The molecule has 0 unspecified atom stereocenters. The Bertz CT molecular complexity index is 457. The molecule has 0 atom stereocenters. The molecule has 19 heavy (non-hydrogen) atoms. The SMILES string of the molecule is CNC1CCN(C(=O)Cc2ccc(F)cc2F)CC1. The maximum atomic E-state index is 13.5. The number of likely N-dealkylation sites (tertiary alicyclic amines) is 1. The minimum absolute atomic E-state index is 0.00364. The number of rotatable bonds is 3. The predicted octanol–water partition coefficient (Wildman–Crippen LogP) is 1.72. The minimum Gasteiger partial charge on any atom is -0.342 e. The van der Waals surface area contributed by atoms with E-state index in [9.17, 15) is 13.6 Å². The summed E-state index contributed by atoms with van der Waals surface area (Å²) in [5.74, 6) is -1.37. The van der Waals surface area contributed by atoms with E-state index in [1.807, 2.05) is 7.05 Å². The van der Waals surface area contributed by atoms with Crippen LogP contribution in [0.4, 0.5) is 8.78 Å². The summed E-state index contributed by atoms with van der Waals surface area (Å²) in [6.07, 6.45) is 1.82. The molecule has 0 saturated carbocycles. The summed E-state index contributed by atoms with van der Waals surface area (Å²) >= 11 is 0. The Balaban J connectivity index is 1.94. The molecule has 1 fully saturated rings. The van der Waals surface area contributed by atoms with Crippen LogP contribution in [0.15, 0.2) is 18.2 Å². The van der Waals surface area contributed by atoms with E-state index in [0.717, 1.165) is 18.9 Å². The molecule has 1 heterocycles. The number of piperidine rings is 1. The van der Waals surface area contributed by atoms with Crippen molar-refractivity contribution in [2.24, 2.45) is 0 Å². The molecule has 0 aliphatic carbocycles. The van der Waals surface area contributed by atoms with Crippen LogP contribution < -0.4 is 5.32 Å². The number of benzene rings is 1. The van der Waals surface area contributed by atoms with Crippen LogP contribution in [0.3, 0.4) is 0 Å². The van der Waals surface area contributed by atoms with E-state index < -0.39 is 11.6 Å². The minimum atomic E-state index is -0.654. The van der Waals surface area contributed by atoms with Crippen LogP contribution in [0.1, 0.15) is 18.4 Å². The summed E-state index contributed by atoms with van der Waals surface area (Å²) in [4.78, 5) is 13.8. The van der Waals surface area contributed by atoms with Gasteiger partial charge in [-0.2, -0.15) is 0 Å². The molecule has 1 saturated heterocycles. The average Bonchev–Trinajstić information content (AvgIpc) is 2.42. The lowest BCUT2D eigenvalue weighted by molar-refractivity contribution is -0.131. The molecular formula is C14H18F2N2O. The van der Waals surface area contributed by atoms with E-state index in [1.54, 1.807) is 4.90 Å². The summed E-state index contributed by atoms with van der Waals surface area (Å²) in [6, 6.07) is 3.78. The van der Waals surface area contributed by atoms with Gasteiger partial charge in [-0.25, -0.2) is 8.78 Å². The predicted molar refractivity (Wildman–Crippen MR) is 68.7 cm³/mol. The molecule has 1 N–H and O–H groups in total.